The van der Waals surface area contributed by atoms with Crippen molar-refractivity contribution in [1.82, 2.24) is 5.43 Å². The number of unbranched alkanes of at least 4 members (excludes halogenated alkanes) is 2. The van der Waals surface area contributed by atoms with Crippen LogP contribution in [0.15, 0.2) is 53.6 Å². The van der Waals surface area contributed by atoms with Crippen molar-refractivity contribution in [2.45, 2.75) is 45.6 Å². The van der Waals surface area contributed by atoms with Crippen LogP contribution in [0, 0.1) is 0 Å². The fourth-order valence-electron chi connectivity index (χ4n) is 2.47. The zero-order valence-corrected chi connectivity index (χ0v) is 17.1. The Balaban J connectivity index is 2.03. The van der Waals surface area contributed by atoms with E-state index in [1.807, 2.05) is 30.3 Å². The van der Waals surface area contributed by atoms with E-state index < -0.39 is 6.10 Å². The number of benzene rings is 2. The normalized spacial score (nSPS) is 12.5. The van der Waals surface area contributed by atoms with Crippen LogP contribution in [0.1, 0.15) is 45.1 Å². The maximum Gasteiger partial charge on any atom is 0.280 e. The van der Waals surface area contributed by atoms with Gasteiger partial charge < -0.3 is 4.74 Å². The van der Waals surface area contributed by atoms with Gasteiger partial charge in [0.05, 0.1) is 10.7 Å². The van der Waals surface area contributed by atoms with Crippen molar-refractivity contribution in [3.8, 4) is 5.75 Å². The third-order valence-electron chi connectivity index (χ3n) is 3.99. The minimum Gasteiger partial charge on any atom is -0.479 e. The molecule has 2 aromatic rings. The summed E-state index contributed by atoms with van der Waals surface area (Å²) in [4.78, 5) is 12.4. The minimum atomic E-state index is -0.750. The van der Waals surface area contributed by atoms with Gasteiger partial charge in [0.25, 0.3) is 5.91 Å². The average molecular weight is 407 g/mol. The summed E-state index contributed by atoms with van der Waals surface area (Å²) in [6.07, 6.45) is 3.32. The van der Waals surface area contributed by atoms with Gasteiger partial charge in [0.1, 0.15) is 5.75 Å². The summed E-state index contributed by atoms with van der Waals surface area (Å²) in [5, 5.41) is 5.21. The Morgan fingerprint density at radius 3 is 2.56 bits per heavy atom. The molecule has 1 atom stereocenters. The summed E-state index contributed by atoms with van der Waals surface area (Å²) in [5.41, 5.74) is 4.47. The summed E-state index contributed by atoms with van der Waals surface area (Å²) in [7, 11) is 0. The highest BCUT2D eigenvalue weighted by atomic mass is 35.5. The number of ether oxygens (including phenoxy) is 1. The molecule has 4 nitrogen and oxygen atoms in total. The molecular weight excluding hydrogens is 383 g/mol. The molecule has 0 fully saturated rings. The molecule has 1 amide bonds. The molecule has 1 unspecified atom stereocenters. The second kappa shape index (κ2) is 11.0. The largest absolute Gasteiger partial charge is 0.479 e. The highest BCUT2D eigenvalue weighted by molar-refractivity contribution is 6.35. The molecule has 2 aromatic carbocycles. The number of carbonyl (C=O) groups excluding carboxylic acids is 1. The van der Waals surface area contributed by atoms with Crippen LogP contribution < -0.4 is 10.2 Å². The first kappa shape index (κ1) is 21.3. The molecule has 144 valence electrons. The number of nitrogens with one attached hydrogen (secondary N) is 1. The number of amides is 1. The molecule has 0 bridgehead atoms. The van der Waals surface area contributed by atoms with Crippen molar-refractivity contribution in [3.63, 3.8) is 0 Å². The molecule has 0 aliphatic rings. The van der Waals surface area contributed by atoms with Crippen molar-refractivity contribution < 1.29 is 9.53 Å². The Hall–Kier alpha value is -2.04. The smallest absolute Gasteiger partial charge is 0.280 e. The number of halogens is 2. The van der Waals surface area contributed by atoms with Crippen LogP contribution in [0.4, 0.5) is 0 Å². The molecule has 0 heterocycles. The molecule has 0 saturated carbocycles. The lowest BCUT2D eigenvalue weighted by Crippen LogP contribution is -2.34. The summed E-state index contributed by atoms with van der Waals surface area (Å²) in [6, 6.07) is 14.7. The fraction of sp³-hybridized carbons (Fsp3) is 0.333. The monoisotopic (exact) mass is 406 g/mol. The minimum absolute atomic E-state index is 0.343. The molecule has 0 radical (unpaired) electrons. The third kappa shape index (κ3) is 6.89. The zero-order chi connectivity index (χ0) is 19.6. The van der Waals surface area contributed by atoms with E-state index >= 15 is 0 Å². The van der Waals surface area contributed by atoms with Crippen molar-refractivity contribution in [2.24, 2.45) is 5.10 Å². The number of hydrogen-bond donors (Lipinski definition) is 1. The van der Waals surface area contributed by atoms with Crippen molar-refractivity contribution in [3.05, 3.63) is 64.1 Å². The molecular formula is C21H24Cl2N2O2. The number of carbonyl (C=O) groups is 1. The van der Waals surface area contributed by atoms with Gasteiger partial charge in [-0.2, -0.15) is 5.10 Å². The van der Waals surface area contributed by atoms with E-state index in [1.54, 1.807) is 25.1 Å². The van der Waals surface area contributed by atoms with Crippen molar-refractivity contribution in [1.29, 1.82) is 0 Å². The first-order valence-electron chi connectivity index (χ1n) is 9.04. The second-order valence-electron chi connectivity index (χ2n) is 6.19. The van der Waals surface area contributed by atoms with Gasteiger partial charge in [-0.05, 0) is 43.5 Å². The molecule has 0 aliphatic carbocycles. The van der Waals surface area contributed by atoms with Gasteiger partial charge in [-0.15, -0.1) is 0 Å². The van der Waals surface area contributed by atoms with Crippen LogP contribution in [0.25, 0.3) is 0 Å². The van der Waals surface area contributed by atoms with E-state index in [4.69, 9.17) is 27.9 Å². The number of hydrogen-bond acceptors (Lipinski definition) is 3. The predicted octanol–water partition coefficient (Wildman–Crippen LogP) is 5.86. The Morgan fingerprint density at radius 1 is 1.15 bits per heavy atom. The van der Waals surface area contributed by atoms with Gasteiger partial charge in [0.15, 0.2) is 6.10 Å². The predicted molar refractivity (Wildman–Crippen MR) is 112 cm³/mol. The average Bonchev–Trinajstić information content (AvgIpc) is 2.67. The van der Waals surface area contributed by atoms with Crippen molar-refractivity contribution >= 4 is 34.8 Å². The van der Waals surface area contributed by atoms with E-state index in [9.17, 15) is 4.79 Å². The van der Waals surface area contributed by atoms with Gasteiger partial charge in [-0.1, -0.05) is 73.3 Å². The summed E-state index contributed by atoms with van der Waals surface area (Å²) in [6.45, 7) is 3.80. The fourth-order valence-corrected chi connectivity index (χ4v) is 2.92. The maximum absolute atomic E-state index is 12.4. The van der Waals surface area contributed by atoms with E-state index in [1.165, 1.54) is 0 Å². The second-order valence-corrected chi connectivity index (χ2v) is 7.04. The van der Waals surface area contributed by atoms with Crippen LogP contribution in [0.5, 0.6) is 5.75 Å². The SMILES string of the molecule is CCCCCC(=NNC(=O)C(C)Oc1ccc(Cl)cc1Cl)c1ccccc1. The molecule has 27 heavy (non-hydrogen) atoms. The van der Waals surface area contributed by atoms with Crippen LogP contribution in [-0.4, -0.2) is 17.7 Å². The maximum atomic E-state index is 12.4. The summed E-state index contributed by atoms with van der Waals surface area (Å²) >= 11 is 12.0. The Bertz CT molecular complexity index is 779. The van der Waals surface area contributed by atoms with Crippen LogP contribution in [-0.2, 0) is 4.79 Å². The Labute approximate surface area is 170 Å². The molecule has 0 saturated heterocycles. The van der Waals surface area contributed by atoms with Crippen LogP contribution >= 0.6 is 23.2 Å². The standard InChI is InChI=1S/C21H24Cl2N2O2/c1-3-4-6-11-19(16-9-7-5-8-10-16)24-25-21(26)15(2)27-20-13-12-17(22)14-18(20)23/h5,7-10,12-15H,3-4,6,11H2,1-2H3,(H,25,26). The molecule has 0 spiro atoms. The first-order chi connectivity index (χ1) is 13.0. The lowest BCUT2D eigenvalue weighted by molar-refractivity contribution is -0.127. The molecule has 6 heteroatoms. The molecule has 1 N–H and O–H groups in total. The number of hydrazone groups is 1. The van der Waals surface area contributed by atoms with Crippen molar-refractivity contribution in [2.75, 3.05) is 0 Å². The topological polar surface area (TPSA) is 50.7 Å². The zero-order valence-electron chi connectivity index (χ0n) is 15.5. The Morgan fingerprint density at radius 2 is 1.89 bits per heavy atom. The van der Waals surface area contributed by atoms with Gasteiger partial charge >= 0.3 is 0 Å². The van der Waals surface area contributed by atoms with Crippen LogP contribution in [0.2, 0.25) is 10.0 Å². The van der Waals surface area contributed by atoms with Gasteiger partial charge in [0.2, 0.25) is 0 Å². The van der Waals surface area contributed by atoms with E-state index in [-0.39, 0.29) is 5.91 Å². The van der Waals surface area contributed by atoms with Gasteiger partial charge in [-0.3, -0.25) is 4.79 Å². The molecule has 2 rings (SSSR count). The summed E-state index contributed by atoms with van der Waals surface area (Å²) < 4.78 is 5.63. The quantitative estimate of drug-likeness (QED) is 0.322. The number of rotatable bonds is 9. The lowest BCUT2D eigenvalue weighted by atomic mass is 10.0. The molecule has 0 aliphatic heterocycles. The van der Waals surface area contributed by atoms with Gasteiger partial charge in [0, 0.05) is 5.02 Å². The number of nitrogens with zero attached hydrogens (tertiary/aromatic N) is 1. The van der Waals surface area contributed by atoms with E-state index in [2.05, 4.69) is 17.5 Å². The summed E-state index contributed by atoms with van der Waals surface area (Å²) in [5.74, 6) is 0.0591. The molecule has 0 aromatic heterocycles. The Kier molecular flexibility index (Phi) is 8.62. The highest BCUT2D eigenvalue weighted by Gasteiger charge is 2.16. The van der Waals surface area contributed by atoms with E-state index in [0.717, 1.165) is 37.0 Å². The van der Waals surface area contributed by atoms with Crippen LogP contribution in [0.3, 0.4) is 0 Å². The lowest BCUT2D eigenvalue weighted by Gasteiger charge is -2.15. The van der Waals surface area contributed by atoms with E-state index in [0.29, 0.717) is 15.8 Å². The highest BCUT2D eigenvalue weighted by Crippen LogP contribution is 2.28. The van der Waals surface area contributed by atoms with Gasteiger partial charge in [-0.25, -0.2) is 5.43 Å². The first-order valence-corrected chi connectivity index (χ1v) is 9.80. The third-order valence-corrected chi connectivity index (χ3v) is 4.52.